The van der Waals surface area contributed by atoms with Crippen molar-refractivity contribution in [3.05, 3.63) is 34.9 Å². The molecule has 2 fully saturated rings. The van der Waals surface area contributed by atoms with Crippen molar-refractivity contribution in [1.29, 1.82) is 0 Å². The van der Waals surface area contributed by atoms with E-state index < -0.39 is 71.7 Å². The van der Waals surface area contributed by atoms with Crippen LogP contribution in [-0.2, 0) is 20.7 Å². The number of benzene rings is 1. The fourth-order valence-electron chi connectivity index (χ4n) is 4.76. The summed E-state index contributed by atoms with van der Waals surface area (Å²) in [6.07, 6.45) is -8.61. The summed E-state index contributed by atoms with van der Waals surface area (Å²) in [5.41, 5.74) is -2.22. The van der Waals surface area contributed by atoms with E-state index in [1.165, 1.54) is 0 Å². The number of amides is 4. The highest BCUT2D eigenvalue weighted by Gasteiger charge is 2.65. The lowest BCUT2D eigenvalue weighted by atomic mass is 9.65. The van der Waals surface area contributed by atoms with Gasteiger partial charge in [-0.2, -0.15) is 13.2 Å². The lowest BCUT2D eigenvalue weighted by Crippen LogP contribution is -2.76. The molecule has 3 heterocycles. The zero-order chi connectivity index (χ0) is 23.6. The highest BCUT2D eigenvalue weighted by atomic mass is 19.4. The van der Waals surface area contributed by atoms with E-state index in [1.807, 2.05) is 10.6 Å². The normalized spacial score (nSPS) is 26.9. The Kier molecular flexibility index (Phi) is 4.93. The molecule has 8 nitrogen and oxygen atoms in total. The van der Waals surface area contributed by atoms with Gasteiger partial charge in [0.1, 0.15) is 5.82 Å². The Bertz CT molecular complexity index is 1040. The van der Waals surface area contributed by atoms with E-state index in [9.17, 15) is 31.9 Å². The first-order chi connectivity index (χ1) is 14.9. The van der Waals surface area contributed by atoms with Gasteiger partial charge in [0.15, 0.2) is 11.5 Å². The number of morpholine rings is 1. The lowest BCUT2D eigenvalue weighted by Gasteiger charge is -2.57. The van der Waals surface area contributed by atoms with Gasteiger partial charge in [-0.3, -0.25) is 20.2 Å². The van der Waals surface area contributed by atoms with Crippen LogP contribution in [0.5, 0.6) is 0 Å². The van der Waals surface area contributed by atoms with Crippen molar-refractivity contribution < 1.29 is 36.7 Å². The predicted molar refractivity (Wildman–Crippen MR) is 101 cm³/mol. The maximum absolute atomic E-state index is 14.5. The molecule has 32 heavy (non-hydrogen) atoms. The van der Waals surface area contributed by atoms with Crippen molar-refractivity contribution in [1.82, 2.24) is 10.6 Å². The van der Waals surface area contributed by atoms with E-state index in [0.717, 1.165) is 17.0 Å². The number of fused-ring (bicyclic) bond motifs is 4. The average Bonchev–Trinajstić information content (AvgIpc) is 2.70. The number of rotatable bonds is 1. The van der Waals surface area contributed by atoms with Crippen molar-refractivity contribution in [2.24, 2.45) is 11.3 Å². The lowest BCUT2D eigenvalue weighted by molar-refractivity contribution is -0.250. The maximum atomic E-state index is 14.5. The molecule has 2 saturated heterocycles. The third kappa shape index (κ3) is 3.10. The average molecular weight is 454 g/mol. The molecule has 3 atom stereocenters. The summed E-state index contributed by atoms with van der Waals surface area (Å²) < 4.78 is 60.9. The topological polar surface area (TPSA) is 92.1 Å². The molecule has 0 saturated carbocycles. The van der Waals surface area contributed by atoms with Gasteiger partial charge < -0.3 is 9.64 Å². The Labute approximate surface area is 179 Å². The molecule has 1 spiro atoms. The van der Waals surface area contributed by atoms with Crippen LogP contribution < -0.4 is 15.5 Å². The van der Waals surface area contributed by atoms with E-state index in [2.05, 4.69) is 4.85 Å². The number of barbiturate groups is 1. The molecule has 1 aromatic carbocycles. The summed E-state index contributed by atoms with van der Waals surface area (Å²) in [6.45, 7) is 9.49. The predicted octanol–water partition coefficient (Wildman–Crippen LogP) is 2.45. The number of anilines is 1. The third-order valence-electron chi connectivity index (χ3n) is 6.17. The number of hydrogen-bond donors (Lipinski definition) is 2. The number of halogens is 4. The van der Waals surface area contributed by atoms with Gasteiger partial charge in [0, 0.05) is 5.69 Å². The first kappa shape index (κ1) is 22.0. The molecule has 0 radical (unpaired) electrons. The molecule has 0 aliphatic carbocycles. The Balaban J connectivity index is 1.97. The second kappa shape index (κ2) is 7.16. The molecule has 1 aromatic rings. The van der Waals surface area contributed by atoms with Gasteiger partial charge in [0.2, 0.25) is 17.5 Å². The number of hydrogen-bond acceptors (Lipinski definition) is 5. The Morgan fingerprint density at radius 3 is 2.38 bits per heavy atom. The number of nitrogens with zero attached hydrogens (tertiary/aromatic N) is 2. The third-order valence-corrected chi connectivity index (χ3v) is 6.17. The largest absolute Gasteiger partial charge is 0.416 e. The highest BCUT2D eigenvalue weighted by Crippen LogP contribution is 2.50. The van der Waals surface area contributed by atoms with E-state index in [0.29, 0.717) is 0 Å². The smallest absolute Gasteiger partial charge is 0.361 e. The zero-order valence-electron chi connectivity index (χ0n) is 16.9. The van der Waals surface area contributed by atoms with Crippen LogP contribution in [0.3, 0.4) is 0 Å². The van der Waals surface area contributed by atoms with E-state index >= 15 is 0 Å². The summed E-state index contributed by atoms with van der Waals surface area (Å²) in [6, 6.07) is -0.229. The SMILES string of the molecule is [C-]#[N+]c1cc2c(cc1F)N1C[C@@H](C(F)(F)F)O[C@@H](C(C)C)[C@@H]1C1(C2)C(=O)NC(=O)NC1=O. The van der Waals surface area contributed by atoms with Crippen LogP contribution in [0.4, 0.5) is 33.7 Å². The fourth-order valence-corrected chi connectivity index (χ4v) is 4.76. The summed E-state index contributed by atoms with van der Waals surface area (Å²) in [7, 11) is 0. The number of ether oxygens (including phenoxy) is 1. The molecular formula is C20H18F4N4O4. The number of carbonyl (C=O) groups excluding carboxylic acids is 3. The van der Waals surface area contributed by atoms with Crippen molar-refractivity contribution in [2.75, 3.05) is 11.4 Å². The van der Waals surface area contributed by atoms with Gasteiger partial charge in [0.25, 0.3) is 0 Å². The summed E-state index contributed by atoms with van der Waals surface area (Å²) >= 11 is 0. The van der Waals surface area contributed by atoms with Gasteiger partial charge in [-0.1, -0.05) is 13.8 Å². The maximum Gasteiger partial charge on any atom is 0.416 e. The molecule has 0 aromatic heterocycles. The van der Waals surface area contributed by atoms with E-state index in [4.69, 9.17) is 11.3 Å². The molecule has 4 amide bonds. The van der Waals surface area contributed by atoms with Gasteiger partial charge in [-0.25, -0.2) is 14.0 Å². The first-order valence-corrected chi connectivity index (χ1v) is 9.75. The zero-order valence-corrected chi connectivity index (χ0v) is 16.9. The van der Waals surface area contributed by atoms with E-state index in [1.54, 1.807) is 13.8 Å². The summed E-state index contributed by atoms with van der Waals surface area (Å²) in [4.78, 5) is 42.1. The fraction of sp³-hybridized carbons (Fsp3) is 0.500. The molecule has 3 aliphatic rings. The number of carbonyl (C=O) groups is 3. The van der Waals surface area contributed by atoms with Gasteiger partial charge in [0.05, 0.1) is 25.3 Å². The van der Waals surface area contributed by atoms with Crippen LogP contribution >= 0.6 is 0 Å². The minimum atomic E-state index is -4.76. The second-order valence-corrected chi connectivity index (χ2v) is 8.40. The van der Waals surface area contributed by atoms with Gasteiger partial charge in [-0.05, 0) is 30.0 Å². The number of imide groups is 2. The highest BCUT2D eigenvalue weighted by molar-refractivity contribution is 6.20. The minimum absolute atomic E-state index is 0.0474. The Hall–Kier alpha value is -3.20. The second-order valence-electron chi connectivity index (χ2n) is 8.40. The van der Waals surface area contributed by atoms with Crippen LogP contribution in [0.2, 0.25) is 0 Å². The minimum Gasteiger partial charge on any atom is -0.361 e. The number of alkyl halides is 3. The quantitative estimate of drug-likeness (QED) is 0.387. The molecular weight excluding hydrogens is 436 g/mol. The van der Waals surface area contributed by atoms with Gasteiger partial charge >= 0.3 is 12.2 Å². The standard InChI is InChI=1S/C20H18F4N4O4/c1-8(2)14-15-19(16(29)26-18(31)27-17(19)30)6-9-4-11(25-3)10(21)5-12(9)28(15)7-13(32-14)20(22,23)24/h4-5,8,13-15H,6-7H2,1-2H3,(H2,26,27,29,30,31)/t13-,14-,15+/m0/s1. The Morgan fingerprint density at radius 2 is 1.84 bits per heavy atom. The van der Waals surface area contributed by atoms with Crippen LogP contribution in [0.25, 0.3) is 4.85 Å². The Morgan fingerprint density at radius 1 is 1.22 bits per heavy atom. The summed E-state index contributed by atoms with van der Waals surface area (Å²) in [5, 5.41) is 4.05. The molecule has 3 aliphatic heterocycles. The van der Waals surface area contributed by atoms with Crippen LogP contribution in [0.1, 0.15) is 19.4 Å². The van der Waals surface area contributed by atoms with Crippen molar-refractivity contribution >= 4 is 29.2 Å². The van der Waals surface area contributed by atoms with Crippen molar-refractivity contribution in [3.8, 4) is 0 Å². The molecule has 4 rings (SSSR count). The van der Waals surface area contributed by atoms with Crippen LogP contribution in [0, 0.1) is 23.7 Å². The monoisotopic (exact) mass is 454 g/mol. The molecule has 0 bridgehead atoms. The van der Waals surface area contributed by atoms with Crippen molar-refractivity contribution in [2.45, 2.75) is 44.7 Å². The molecule has 170 valence electrons. The summed E-state index contributed by atoms with van der Waals surface area (Å²) in [5.74, 6) is -3.48. The molecule has 2 N–H and O–H groups in total. The molecule has 12 heteroatoms. The number of nitrogens with one attached hydrogen (secondary N) is 2. The van der Waals surface area contributed by atoms with Crippen LogP contribution in [-0.4, -0.2) is 48.8 Å². The van der Waals surface area contributed by atoms with Gasteiger partial charge in [-0.15, -0.1) is 0 Å². The van der Waals surface area contributed by atoms with E-state index in [-0.39, 0.29) is 17.7 Å². The number of urea groups is 1. The molecule has 0 unspecified atom stereocenters. The van der Waals surface area contributed by atoms with Crippen molar-refractivity contribution in [3.63, 3.8) is 0 Å². The first-order valence-electron chi connectivity index (χ1n) is 9.75. The van der Waals surface area contributed by atoms with Crippen LogP contribution in [0.15, 0.2) is 12.1 Å².